The first-order chi connectivity index (χ1) is 9.38. The van der Waals surface area contributed by atoms with Gasteiger partial charge in [0.2, 0.25) is 0 Å². The SMILES string of the molecule is O=CC1=C=C=CC(OCCOCc2ccccc2)=C1. The highest BCUT2D eigenvalue weighted by Gasteiger charge is 1.99. The van der Waals surface area contributed by atoms with E-state index in [2.05, 4.69) is 11.5 Å². The molecule has 96 valence electrons. The van der Waals surface area contributed by atoms with Crippen molar-refractivity contribution in [3.63, 3.8) is 0 Å². The number of hydrogen-bond acceptors (Lipinski definition) is 3. The third kappa shape index (κ3) is 4.46. The van der Waals surface area contributed by atoms with Gasteiger partial charge in [-0.05, 0) is 11.6 Å². The molecule has 0 N–H and O–H groups in total. The zero-order valence-electron chi connectivity index (χ0n) is 10.5. The van der Waals surface area contributed by atoms with Gasteiger partial charge < -0.3 is 9.47 Å². The van der Waals surface area contributed by atoms with Crippen molar-refractivity contribution in [3.05, 3.63) is 70.8 Å². The molecule has 0 spiro atoms. The average molecular weight is 254 g/mol. The Morgan fingerprint density at radius 2 is 2.00 bits per heavy atom. The van der Waals surface area contributed by atoms with Gasteiger partial charge in [0.15, 0.2) is 6.29 Å². The third-order valence-corrected chi connectivity index (χ3v) is 2.46. The van der Waals surface area contributed by atoms with E-state index < -0.39 is 0 Å². The van der Waals surface area contributed by atoms with Crippen molar-refractivity contribution in [2.45, 2.75) is 6.61 Å². The predicted molar refractivity (Wildman–Crippen MR) is 71.3 cm³/mol. The van der Waals surface area contributed by atoms with Crippen LogP contribution in [0.1, 0.15) is 5.56 Å². The van der Waals surface area contributed by atoms with Crippen LogP contribution in [0.25, 0.3) is 0 Å². The van der Waals surface area contributed by atoms with E-state index in [-0.39, 0.29) is 0 Å². The normalized spacial score (nSPS) is 12.8. The third-order valence-electron chi connectivity index (χ3n) is 2.46. The molecule has 2 rings (SSSR count). The number of ether oxygens (including phenoxy) is 2. The molecule has 3 heteroatoms. The zero-order chi connectivity index (χ0) is 13.3. The lowest BCUT2D eigenvalue weighted by atomic mass is 10.2. The first-order valence-corrected chi connectivity index (χ1v) is 6.01. The van der Waals surface area contributed by atoms with Gasteiger partial charge in [-0.15, -0.1) is 0 Å². The summed E-state index contributed by atoms with van der Waals surface area (Å²) in [6.07, 6.45) is 3.99. The van der Waals surface area contributed by atoms with E-state index in [9.17, 15) is 4.79 Å². The summed E-state index contributed by atoms with van der Waals surface area (Å²) in [5, 5.41) is 0. The topological polar surface area (TPSA) is 35.5 Å². The second-order valence-electron chi connectivity index (χ2n) is 3.92. The summed E-state index contributed by atoms with van der Waals surface area (Å²) in [4.78, 5) is 10.6. The summed E-state index contributed by atoms with van der Waals surface area (Å²) >= 11 is 0. The van der Waals surface area contributed by atoms with Gasteiger partial charge in [-0.3, -0.25) is 4.79 Å². The standard InChI is InChI=1S/C16H14O3/c17-12-15-7-4-8-16(11-15)19-10-9-18-13-14-5-2-1-3-6-14/h1-3,5-6,8,11-12H,9-10,13H2. The summed E-state index contributed by atoms with van der Waals surface area (Å²) in [5.74, 6) is 0.601. The molecule has 0 bridgehead atoms. The monoisotopic (exact) mass is 254 g/mol. The first kappa shape index (κ1) is 13.1. The van der Waals surface area contributed by atoms with Crippen LogP contribution in [0.4, 0.5) is 0 Å². The molecule has 0 unspecified atom stereocenters. The summed E-state index contributed by atoms with van der Waals surface area (Å²) in [7, 11) is 0. The Morgan fingerprint density at radius 1 is 1.16 bits per heavy atom. The van der Waals surface area contributed by atoms with Gasteiger partial charge in [0, 0.05) is 6.08 Å². The average Bonchev–Trinajstić information content (AvgIpc) is 2.48. The summed E-state index contributed by atoms with van der Waals surface area (Å²) < 4.78 is 10.9. The Morgan fingerprint density at radius 3 is 2.79 bits per heavy atom. The second-order valence-corrected chi connectivity index (χ2v) is 3.92. The summed E-state index contributed by atoms with van der Waals surface area (Å²) in [5.41, 5.74) is 6.97. The molecule has 0 amide bonds. The molecule has 1 aromatic rings. The van der Waals surface area contributed by atoms with Gasteiger partial charge in [-0.2, -0.15) is 0 Å². The summed E-state index contributed by atoms with van der Waals surface area (Å²) in [6.45, 7) is 1.49. The Balaban J connectivity index is 1.66. The molecule has 1 aliphatic rings. The molecule has 0 fully saturated rings. The van der Waals surface area contributed by atoms with E-state index >= 15 is 0 Å². The number of carbonyl (C=O) groups excluding carboxylic acids is 1. The Kier molecular flexibility index (Phi) is 4.97. The molecule has 1 aromatic carbocycles. The number of benzene rings is 1. The van der Waals surface area contributed by atoms with Crippen LogP contribution in [-0.2, 0) is 20.9 Å². The van der Waals surface area contributed by atoms with Crippen LogP contribution in [0, 0.1) is 0 Å². The Labute approximate surface area is 112 Å². The maximum atomic E-state index is 10.6. The number of carbonyl (C=O) groups is 1. The van der Waals surface area contributed by atoms with Gasteiger partial charge in [0.1, 0.15) is 12.4 Å². The molecule has 3 nitrogen and oxygen atoms in total. The maximum Gasteiger partial charge on any atom is 0.158 e. The van der Waals surface area contributed by atoms with Crippen molar-refractivity contribution in [1.82, 2.24) is 0 Å². The van der Waals surface area contributed by atoms with Crippen LogP contribution in [0.3, 0.4) is 0 Å². The number of rotatable bonds is 7. The van der Waals surface area contributed by atoms with Crippen LogP contribution in [0.2, 0.25) is 0 Å². The lowest BCUT2D eigenvalue weighted by Gasteiger charge is -2.08. The molecule has 0 saturated carbocycles. The van der Waals surface area contributed by atoms with Gasteiger partial charge in [-0.25, -0.2) is 0 Å². The molecule has 0 radical (unpaired) electrons. The van der Waals surface area contributed by atoms with E-state index in [4.69, 9.17) is 9.47 Å². The minimum atomic E-state index is 0.433. The smallest absolute Gasteiger partial charge is 0.158 e. The van der Waals surface area contributed by atoms with E-state index in [1.54, 1.807) is 12.2 Å². The predicted octanol–water partition coefficient (Wildman–Crippen LogP) is 2.55. The second kappa shape index (κ2) is 7.20. The maximum absolute atomic E-state index is 10.6. The molecule has 1 aliphatic carbocycles. The molecular formula is C16H14O3. The van der Waals surface area contributed by atoms with E-state index in [1.165, 1.54) is 0 Å². The summed E-state index contributed by atoms with van der Waals surface area (Å²) in [6, 6.07) is 9.96. The lowest BCUT2D eigenvalue weighted by molar-refractivity contribution is -0.104. The molecule has 0 heterocycles. The number of allylic oxidation sites excluding steroid dienone is 3. The van der Waals surface area contributed by atoms with Gasteiger partial charge in [-0.1, -0.05) is 41.8 Å². The number of hydrogen-bond donors (Lipinski definition) is 0. The van der Waals surface area contributed by atoms with Crippen LogP contribution in [0.15, 0.2) is 65.3 Å². The highest BCUT2D eigenvalue weighted by molar-refractivity contribution is 5.77. The molecule has 0 aliphatic heterocycles. The zero-order valence-corrected chi connectivity index (χ0v) is 10.5. The first-order valence-electron chi connectivity index (χ1n) is 6.01. The quantitative estimate of drug-likeness (QED) is 0.426. The van der Waals surface area contributed by atoms with Crippen LogP contribution in [0.5, 0.6) is 0 Å². The molecule has 19 heavy (non-hydrogen) atoms. The molecule has 0 saturated heterocycles. The van der Waals surface area contributed by atoms with Gasteiger partial charge >= 0.3 is 0 Å². The minimum Gasteiger partial charge on any atom is -0.490 e. The van der Waals surface area contributed by atoms with Crippen LogP contribution < -0.4 is 0 Å². The fourth-order valence-electron chi connectivity index (χ4n) is 1.55. The largest absolute Gasteiger partial charge is 0.490 e. The van der Waals surface area contributed by atoms with Gasteiger partial charge in [0.05, 0.1) is 18.8 Å². The molecule has 0 atom stereocenters. The fourth-order valence-corrected chi connectivity index (χ4v) is 1.55. The van der Waals surface area contributed by atoms with Crippen molar-refractivity contribution >= 4 is 6.29 Å². The van der Waals surface area contributed by atoms with Crippen LogP contribution in [-0.4, -0.2) is 19.5 Å². The highest BCUT2D eigenvalue weighted by Crippen LogP contribution is 2.07. The van der Waals surface area contributed by atoms with Crippen molar-refractivity contribution in [2.75, 3.05) is 13.2 Å². The lowest BCUT2D eigenvalue weighted by Crippen LogP contribution is -2.04. The Hall–Kier alpha value is -2.31. The fraction of sp³-hybridized carbons (Fsp3) is 0.188. The van der Waals surface area contributed by atoms with E-state index in [1.807, 2.05) is 30.3 Å². The van der Waals surface area contributed by atoms with E-state index in [0.29, 0.717) is 31.2 Å². The molecular weight excluding hydrogens is 240 g/mol. The Bertz CT molecular complexity index is 557. The number of aldehydes is 1. The minimum absolute atomic E-state index is 0.433. The van der Waals surface area contributed by atoms with Gasteiger partial charge in [0.25, 0.3) is 0 Å². The van der Waals surface area contributed by atoms with E-state index in [0.717, 1.165) is 11.8 Å². The van der Waals surface area contributed by atoms with Crippen molar-refractivity contribution in [2.24, 2.45) is 0 Å². The molecule has 0 aromatic heterocycles. The van der Waals surface area contributed by atoms with Crippen molar-refractivity contribution < 1.29 is 14.3 Å². The van der Waals surface area contributed by atoms with Crippen LogP contribution >= 0.6 is 0 Å². The highest BCUT2D eigenvalue weighted by atomic mass is 16.5. The van der Waals surface area contributed by atoms with Crippen molar-refractivity contribution in [3.8, 4) is 0 Å². The van der Waals surface area contributed by atoms with Crippen molar-refractivity contribution in [1.29, 1.82) is 0 Å².